The highest BCUT2D eigenvalue weighted by Crippen LogP contribution is 2.53. The molecule has 0 saturated heterocycles. The second-order valence-electron chi connectivity index (χ2n) is 9.12. The molecule has 1 aliphatic carbocycles. The summed E-state index contributed by atoms with van der Waals surface area (Å²) in [5, 5.41) is 0.00467. The Morgan fingerprint density at radius 1 is 1.25 bits per heavy atom. The Morgan fingerprint density at radius 3 is 2.62 bits per heavy atom. The summed E-state index contributed by atoms with van der Waals surface area (Å²) in [7, 11) is -3.60. The van der Waals surface area contributed by atoms with Gasteiger partial charge in [-0.3, -0.25) is 9.52 Å². The van der Waals surface area contributed by atoms with Crippen LogP contribution in [0.2, 0.25) is 5.02 Å². The molecule has 2 aromatic rings. The average Bonchev–Trinajstić information content (AvgIpc) is 2.70. The number of nitrogens with one attached hydrogen (secondary N) is 1. The van der Waals surface area contributed by atoms with Gasteiger partial charge < -0.3 is 10.5 Å². The number of amides is 1. The zero-order valence-corrected chi connectivity index (χ0v) is 19.9. The fourth-order valence-corrected chi connectivity index (χ4v) is 5.51. The van der Waals surface area contributed by atoms with Crippen molar-refractivity contribution >= 4 is 33.2 Å². The van der Waals surface area contributed by atoms with Crippen LogP contribution in [-0.2, 0) is 21.2 Å². The molecule has 1 aliphatic heterocycles. The van der Waals surface area contributed by atoms with Gasteiger partial charge in [-0.15, -0.1) is 0 Å². The first-order chi connectivity index (χ1) is 15.1. The largest absolute Gasteiger partial charge is 0.487 e. The number of benzene rings is 2. The highest BCUT2D eigenvalue weighted by molar-refractivity contribution is 7.93. The van der Waals surface area contributed by atoms with E-state index in [2.05, 4.69) is 4.72 Å². The second-order valence-corrected chi connectivity index (χ2v) is 11.8. The fourth-order valence-electron chi connectivity index (χ4n) is 4.56. The molecule has 1 saturated carbocycles. The van der Waals surface area contributed by atoms with Gasteiger partial charge in [0.1, 0.15) is 11.4 Å². The SMILES string of the molecule is CC(C)S(=O)(=O)Nc1c(CCC(N)=O)cccc1C1CC2(CCC2)Oc2ccc(Cl)cc21. The lowest BCUT2D eigenvalue weighted by Gasteiger charge is -2.48. The Bertz CT molecular complexity index is 1140. The smallest absolute Gasteiger partial charge is 0.235 e. The highest BCUT2D eigenvalue weighted by atomic mass is 35.5. The van der Waals surface area contributed by atoms with Crippen LogP contribution in [0.15, 0.2) is 36.4 Å². The number of primary amides is 1. The summed E-state index contributed by atoms with van der Waals surface area (Å²) >= 11 is 6.33. The van der Waals surface area contributed by atoms with E-state index in [1.807, 2.05) is 36.4 Å². The summed E-state index contributed by atoms with van der Waals surface area (Å²) in [4.78, 5) is 11.4. The van der Waals surface area contributed by atoms with Crippen molar-refractivity contribution in [2.45, 2.75) is 69.1 Å². The Hall–Kier alpha value is -2.25. The molecule has 6 nitrogen and oxygen atoms in total. The average molecular weight is 477 g/mol. The molecule has 1 unspecified atom stereocenters. The lowest BCUT2D eigenvalue weighted by molar-refractivity contribution is -0.117. The number of anilines is 1. The van der Waals surface area contributed by atoms with Crippen molar-refractivity contribution < 1.29 is 17.9 Å². The molecule has 0 radical (unpaired) electrons. The van der Waals surface area contributed by atoms with Gasteiger partial charge in [-0.2, -0.15) is 0 Å². The van der Waals surface area contributed by atoms with Gasteiger partial charge in [0.05, 0.1) is 10.9 Å². The van der Waals surface area contributed by atoms with Crippen LogP contribution in [0.4, 0.5) is 5.69 Å². The standard InChI is InChI=1S/C24H29ClN2O4S/c1-15(2)32(29,30)27-23-16(7-10-22(26)28)5-3-6-18(23)20-14-24(11-4-12-24)31-21-9-8-17(25)13-19(20)21/h3,5-6,8-9,13,15,20,27H,4,7,10-12,14H2,1-2H3,(H2,26,28). The lowest BCUT2D eigenvalue weighted by atomic mass is 9.69. The lowest BCUT2D eigenvalue weighted by Crippen LogP contribution is -2.47. The van der Waals surface area contributed by atoms with Crippen LogP contribution in [0.25, 0.3) is 0 Å². The number of carbonyl (C=O) groups is 1. The third kappa shape index (κ3) is 4.46. The Kier molecular flexibility index (Phi) is 6.16. The number of para-hydroxylation sites is 1. The summed E-state index contributed by atoms with van der Waals surface area (Å²) in [6.45, 7) is 3.28. The topological polar surface area (TPSA) is 98.5 Å². The molecule has 1 fully saturated rings. The molecule has 4 rings (SSSR count). The molecule has 1 heterocycles. The summed E-state index contributed by atoms with van der Waals surface area (Å²) in [5.74, 6) is 0.284. The Morgan fingerprint density at radius 2 is 2.00 bits per heavy atom. The van der Waals surface area contributed by atoms with E-state index in [0.29, 0.717) is 17.1 Å². The van der Waals surface area contributed by atoms with Crippen LogP contribution in [0.3, 0.4) is 0 Å². The van der Waals surface area contributed by atoms with E-state index >= 15 is 0 Å². The first-order valence-electron chi connectivity index (χ1n) is 11.0. The fraction of sp³-hybridized carbons (Fsp3) is 0.458. The van der Waals surface area contributed by atoms with Crippen molar-refractivity contribution in [1.82, 2.24) is 0 Å². The predicted molar refractivity (Wildman–Crippen MR) is 127 cm³/mol. The van der Waals surface area contributed by atoms with Gasteiger partial charge in [0.15, 0.2) is 0 Å². The Labute approximate surface area is 194 Å². The number of fused-ring (bicyclic) bond motifs is 1. The molecule has 3 N–H and O–H groups in total. The molecule has 2 aromatic carbocycles. The summed E-state index contributed by atoms with van der Waals surface area (Å²) < 4.78 is 35.0. The highest BCUT2D eigenvalue weighted by Gasteiger charge is 2.46. The molecule has 1 amide bonds. The molecular formula is C24H29ClN2O4S. The summed E-state index contributed by atoms with van der Waals surface area (Å²) in [6.07, 6.45) is 4.30. The second kappa shape index (κ2) is 8.60. The van der Waals surface area contributed by atoms with Crippen LogP contribution in [0.1, 0.15) is 68.6 Å². The molecule has 0 aromatic heterocycles. The molecular weight excluding hydrogens is 448 g/mol. The Balaban J connectivity index is 1.86. The van der Waals surface area contributed by atoms with E-state index in [1.54, 1.807) is 13.8 Å². The molecule has 1 spiro atoms. The minimum atomic E-state index is -3.60. The summed E-state index contributed by atoms with van der Waals surface area (Å²) in [6, 6.07) is 11.3. The van der Waals surface area contributed by atoms with E-state index in [0.717, 1.165) is 48.1 Å². The van der Waals surface area contributed by atoms with Crippen LogP contribution in [0.5, 0.6) is 5.75 Å². The van der Waals surface area contributed by atoms with Crippen LogP contribution < -0.4 is 15.2 Å². The van der Waals surface area contributed by atoms with Crippen molar-refractivity contribution in [3.63, 3.8) is 0 Å². The number of ether oxygens (including phenoxy) is 1. The van der Waals surface area contributed by atoms with Crippen molar-refractivity contribution in [2.24, 2.45) is 5.73 Å². The van der Waals surface area contributed by atoms with Crippen LogP contribution >= 0.6 is 11.6 Å². The molecule has 172 valence electrons. The van der Waals surface area contributed by atoms with E-state index in [1.165, 1.54) is 0 Å². The van der Waals surface area contributed by atoms with Gasteiger partial charge in [0.2, 0.25) is 15.9 Å². The van der Waals surface area contributed by atoms with E-state index in [4.69, 9.17) is 22.1 Å². The van der Waals surface area contributed by atoms with Gasteiger partial charge in [-0.05, 0) is 75.3 Å². The van der Waals surface area contributed by atoms with Crippen molar-refractivity contribution in [1.29, 1.82) is 0 Å². The third-order valence-electron chi connectivity index (χ3n) is 6.58. The van der Waals surface area contributed by atoms with Crippen LogP contribution in [0, 0.1) is 0 Å². The maximum Gasteiger partial charge on any atom is 0.235 e. The molecule has 0 bridgehead atoms. The van der Waals surface area contributed by atoms with Crippen molar-refractivity contribution in [3.8, 4) is 5.75 Å². The molecule has 2 aliphatic rings. The number of carbonyl (C=O) groups excluding carboxylic acids is 1. The first-order valence-corrected chi connectivity index (χ1v) is 12.9. The molecule has 32 heavy (non-hydrogen) atoms. The van der Waals surface area contributed by atoms with Gasteiger partial charge in [-0.1, -0.05) is 29.8 Å². The first kappa shape index (κ1) is 22.9. The third-order valence-corrected chi connectivity index (χ3v) is 8.54. The normalized spacial score (nSPS) is 19.2. The van der Waals surface area contributed by atoms with Gasteiger partial charge in [0.25, 0.3) is 0 Å². The van der Waals surface area contributed by atoms with Gasteiger partial charge in [-0.25, -0.2) is 8.42 Å². The number of hydrogen-bond donors (Lipinski definition) is 2. The monoisotopic (exact) mass is 476 g/mol. The van der Waals surface area contributed by atoms with E-state index in [9.17, 15) is 13.2 Å². The number of nitrogens with two attached hydrogens (primary N) is 1. The minimum Gasteiger partial charge on any atom is -0.487 e. The predicted octanol–water partition coefficient (Wildman–Crippen LogP) is 4.75. The van der Waals surface area contributed by atoms with Gasteiger partial charge >= 0.3 is 0 Å². The zero-order chi connectivity index (χ0) is 23.1. The maximum absolute atomic E-state index is 12.9. The number of rotatable bonds is 7. The van der Waals surface area contributed by atoms with Crippen LogP contribution in [-0.4, -0.2) is 25.2 Å². The quantitative estimate of drug-likeness (QED) is 0.602. The van der Waals surface area contributed by atoms with Crippen molar-refractivity contribution in [3.05, 3.63) is 58.1 Å². The van der Waals surface area contributed by atoms with E-state index < -0.39 is 21.2 Å². The van der Waals surface area contributed by atoms with Crippen molar-refractivity contribution in [2.75, 3.05) is 4.72 Å². The zero-order valence-electron chi connectivity index (χ0n) is 18.4. The van der Waals surface area contributed by atoms with E-state index in [-0.39, 0.29) is 17.9 Å². The number of sulfonamides is 1. The molecule has 8 heteroatoms. The number of hydrogen-bond acceptors (Lipinski definition) is 4. The van der Waals surface area contributed by atoms with Gasteiger partial charge in [0, 0.05) is 22.9 Å². The number of halogens is 1. The maximum atomic E-state index is 12.9. The summed E-state index contributed by atoms with van der Waals surface area (Å²) in [5.41, 5.74) is 8.26. The number of aryl methyl sites for hydroxylation is 1. The minimum absolute atomic E-state index is 0.0869. The molecule has 1 atom stereocenters.